The first-order valence-electron chi connectivity index (χ1n) is 4.48. The standard InChI is InChI=1S/C9H18O2/c1-3-5-10-6-9(4-2)7-11-8-9/h3-8H2,1-2H3. The zero-order chi connectivity index (χ0) is 8.16. The summed E-state index contributed by atoms with van der Waals surface area (Å²) in [6.45, 7) is 7.91. The van der Waals surface area contributed by atoms with Crippen molar-refractivity contribution in [2.75, 3.05) is 26.4 Å². The molecule has 1 saturated heterocycles. The first kappa shape index (κ1) is 9.01. The molecule has 1 heterocycles. The third-order valence-corrected chi connectivity index (χ3v) is 2.32. The molecule has 2 nitrogen and oxygen atoms in total. The first-order chi connectivity index (χ1) is 5.33. The van der Waals surface area contributed by atoms with Crippen LogP contribution in [0.5, 0.6) is 0 Å². The molecule has 0 amide bonds. The van der Waals surface area contributed by atoms with Crippen LogP contribution in [0.25, 0.3) is 0 Å². The van der Waals surface area contributed by atoms with Crippen molar-refractivity contribution in [1.29, 1.82) is 0 Å². The summed E-state index contributed by atoms with van der Waals surface area (Å²) >= 11 is 0. The second kappa shape index (κ2) is 4.07. The molecule has 0 aromatic heterocycles. The summed E-state index contributed by atoms with van der Waals surface area (Å²) in [5.74, 6) is 0. The highest BCUT2D eigenvalue weighted by Gasteiger charge is 2.36. The van der Waals surface area contributed by atoms with Crippen LogP contribution in [0.2, 0.25) is 0 Å². The third kappa shape index (κ3) is 2.17. The van der Waals surface area contributed by atoms with Crippen LogP contribution in [-0.2, 0) is 9.47 Å². The molecular formula is C9H18O2. The molecule has 0 spiro atoms. The van der Waals surface area contributed by atoms with Crippen molar-refractivity contribution in [1.82, 2.24) is 0 Å². The highest BCUT2D eigenvalue weighted by Crippen LogP contribution is 2.31. The molecule has 0 saturated carbocycles. The minimum absolute atomic E-state index is 0.370. The molecule has 0 N–H and O–H groups in total. The Hall–Kier alpha value is -0.0800. The van der Waals surface area contributed by atoms with E-state index >= 15 is 0 Å². The van der Waals surface area contributed by atoms with Gasteiger partial charge < -0.3 is 9.47 Å². The van der Waals surface area contributed by atoms with Crippen molar-refractivity contribution < 1.29 is 9.47 Å². The van der Waals surface area contributed by atoms with Crippen LogP contribution in [0.3, 0.4) is 0 Å². The second-order valence-electron chi connectivity index (χ2n) is 3.40. The SMILES string of the molecule is CCCOCC1(CC)COC1. The zero-order valence-electron chi connectivity index (χ0n) is 7.56. The molecule has 66 valence electrons. The van der Waals surface area contributed by atoms with E-state index in [1.54, 1.807) is 0 Å². The minimum Gasteiger partial charge on any atom is -0.381 e. The van der Waals surface area contributed by atoms with Gasteiger partial charge >= 0.3 is 0 Å². The fraction of sp³-hybridized carbons (Fsp3) is 1.00. The molecule has 11 heavy (non-hydrogen) atoms. The zero-order valence-corrected chi connectivity index (χ0v) is 7.56. The van der Waals surface area contributed by atoms with Gasteiger partial charge in [-0.3, -0.25) is 0 Å². The molecule has 1 aliphatic rings. The maximum Gasteiger partial charge on any atom is 0.0566 e. The Kier molecular flexibility index (Phi) is 3.34. The molecule has 1 fully saturated rings. The van der Waals surface area contributed by atoms with Gasteiger partial charge in [0.1, 0.15) is 0 Å². The van der Waals surface area contributed by atoms with Crippen LogP contribution in [0.1, 0.15) is 26.7 Å². The molecule has 0 unspecified atom stereocenters. The van der Waals surface area contributed by atoms with E-state index in [2.05, 4.69) is 13.8 Å². The van der Waals surface area contributed by atoms with Crippen molar-refractivity contribution in [3.63, 3.8) is 0 Å². The summed E-state index contributed by atoms with van der Waals surface area (Å²) in [6.07, 6.45) is 2.29. The van der Waals surface area contributed by atoms with E-state index in [9.17, 15) is 0 Å². The van der Waals surface area contributed by atoms with Gasteiger partial charge in [0.2, 0.25) is 0 Å². The monoisotopic (exact) mass is 158 g/mol. The maximum atomic E-state index is 5.50. The summed E-state index contributed by atoms with van der Waals surface area (Å²) in [7, 11) is 0. The van der Waals surface area contributed by atoms with E-state index in [4.69, 9.17) is 9.47 Å². The largest absolute Gasteiger partial charge is 0.381 e. The van der Waals surface area contributed by atoms with Gasteiger partial charge in [0.25, 0.3) is 0 Å². The van der Waals surface area contributed by atoms with Crippen LogP contribution >= 0.6 is 0 Å². The predicted octanol–water partition coefficient (Wildman–Crippen LogP) is 1.84. The Balaban J connectivity index is 2.11. The summed E-state index contributed by atoms with van der Waals surface area (Å²) in [5, 5.41) is 0. The van der Waals surface area contributed by atoms with Crippen LogP contribution in [-0.4, -0.2) is 26.4 Å². The first-order valence-corrected chi connectivity index (χ1v) is 4.48. The van der Waals surface area contributed by atoms with Crippen molar-refractivity contribution >= 4 is 0 Å². The molecular weight excluding hydrogens is 140 g/mol. The summed E-state index contributed by atoms with van der Waals surface area (Å²) < 4.78 is 10.7. The van der Waals surface area contributed by atoms with Crippen molar-refractivity contribution in [3.05, 3.63) is 0 Å². The lowest BCUT2D eigenvalue weighted by atomic mass is 9.84. The Morgan fingerprint density at radius 1 is 1.36 bits per heavy atom. The highest BCUT2D eigenvalue weighted by molar-refractivity contribution is 4.83. The molecule has 0 aromatic carbocycles. The van der Waals surface area contributed by atoms with E-state index in [1.807, 2.05) is 0 Å². The fourth-order valence-electron chi connectivity index (χ4n) is 1.21. The van der Waals surface area contributed by atoms with Gasteiger partial charge in [0, 0.05) is 12.0 Å². The Morgan fingerprint density at radius 2 is 2.09 bits per heavy atom. The van der Waals surface area contributed by atoms with Gasteiger partial charge in [-0.15, -0.1) is 0 Å². The predicted molar refractivity (Wildman–Crippen MR) is 44.7 cm³/mol. The number of hydrogen-bond acceptors (Lipinski definition) is 2. The number of ether oxygens (including phenoxy) is 2. The topological polar surface area (TPSA) is 18.5 Å². The minimum atomic E-state index is 0.370. The van der Waals surface area contributed by atoms with Gasteiger partial charge in [-0.25, -0.2) is 0 Å². The van der Waals surface area contributed by atoms with Crippen molar-refractivity contribution in [2.24, 2.45) is 5.41 Å². The van der Waals surface area contributed by atoms with Crippen molar-refractivity contribution in [3.8, 4) is 0 Å². The molecule has 0 bridgehead atoms. The van der Waals surface area contributed by atoms with Gasteiger partial charge in [-0.1, -0.05) is 13.8 Å². The summed E-state index contributed by atoms with van der Waals surface area (Å²) in [5.41, 5.74) is 0.370. The number of hydrogen-bond donors (Lipinski definition) is 0. The summed E-state index contributed by atoms with van der Waals surface area (Å²) in [6, 6.07) is 0. The normalized spacial score (nSPS) is 21.3. The van der Waals surface area contributed by atoms with E-state index in [0.717, 1.165) is 32.8 Å². The molecule has 0 radical (unpaired) electrons. The lowest BCUT2D eigenvalue weighted by Gasteiger charge is -2.40. The molecule has 1 aliphatic heterocycles. The van der Waals surface area contributed by atoms with E-state index in [0.29, 0.717) is 5.41 Å². The molecule has 2 heteroatoms. The summed E-state index contributed by atoms with van der Waals surface area (Å²) in [4.78, 5) is 0. The van der Waals surface area contributed by atoms with Crippen molar-refractivity contribution in [2.45, 2.75) is 26.7 Å². The molecule has 0 aliphatic carbocycles. The number of rotatable bonds is 5. The average molecular weight is 158 g/mol. The van der Waals surface area contributed by atoms with Crippen LogP contribution in [0.15, 0.2) is 0 Å². The second-order valence-corrected chi connectivity index (χ2v) is 3.40. The quantitative estimate of drug-likeness (QED) is 0.568. The fourth-order valence-corrected chi connectivity index (χ4v) is 1.21. The smallest absolute Gasteiger partial charge is 0.0566 e. The maximum absolute atomic E-state index is 5.50. The Morgan fingerprint density at radius 3 is 2.45 bits per heavy atom. The third-order valence-electron chi connectivity index (χ3n) is 2.32. The Bertz CT molecular complexity index is 103. The van der Waals surface area contributed by atoms with Gasteiger partial charge in [0.15, 0.2) is 0 Å². The van der Waals surface area contributed by atoms with Gasteiger partial charge in [-0.05, 0) is 12.8 Å². The van der Waals surface area contributed by atoms with Crippen LogP contribution in [0.4, 0.5) is 0 Å². The highest BCUT2D eigenvalue weighted by atomic mass is 16.5. The molecule has 0 aromatic rings. The Labute approximate surface area is 68.9 Å². The molecule has 0 atom stereocenters. The van der Waals surface area contributed by atoms with E-state index in [1.165, 1.54) is 6.42 Å². The van der Waals surface area contributed by atoms with Gasteiger partial charge in [0.05, 0.1) is 19.8 Å². The van der Waals surface area contributed by atoms with Gasteiger partial charge in [-0.2, -0.15) is 0 Å². The lowest BCUT2D eigenvalue weighted by molar-refractivity contribution is -0.150. The van der Waals surface area contributed by atoms with E-state index in [-0.39, 0.29) is 0 Å². The van der Waals surface area contributed by atoms with Crippen LogP contribution in [0, 0.1) is 5.41 Å². The lowest BCUT2D eigenvalue weighted by Crippen LogP contribution is -2.45. The molecule has 1 rings (SSSR count). The van der Waals surface area contributed by atoms with Crippen LogP contribution < -0.4 is 0 Å². The van der Waals surface area contributed by atoms with E-state index < -0.39 is 0 Å². The average Bonchev–Trinajstić information content (AvgIpc) is 1.95.